The van der Waals surface area contributed by atoms with Gasteiger partial charge in [-0.05, 0) is 60.5 Å². The van der Waals surface area contributed by atoms with Crippen LogP contribution in [0.5, 0.6) is 17.2 Å². The third-order valence-corrected chi connectivity index (χ3v) is 6.54. The first-order valence-electron chi connectivity index (χ1n) is 11.0. The number of hydrogen-bond donors (Lipinski definition) is 2. The van der Waals surface area contributed by atoms with Crippen LogP contribution < -0.4 is 14.4 Å². The summed E-state index contributed by atoms with van der Waals surface area (Å²) in [6.45, 7) is 1.95. The maximum absolute atomic E-state index is 13.3. The zero-order valence-corrected chi connectivity index (χ0v) is 19.7. The van der Waals surface area contributed by atoms with Crippen molar-refractivity contribution in [2.24, 2.45) is 0 Å². The van der Waals surface area contributed by atoms with E-state index in [-0.39, 0.29) is 28.2 Å². The van der Waals surface area contributed by atoms with Gasteiger partial charge in [0.2, 0.25) is 0 Å². The predicted molar refractivity (Wildman–Crippen MR) is 131 cm³/mol. The maximum Gasteiger partial charge on any atom is 0.300 e. The largest absolute Gasteiger partial charge is 0.507 e. The fourth-order valence-electron chi connectivity index (χ4n) is 4.59. The van der Waals surface area contributed by atoms with Gasteiger partial charge in [0.05, 0.1) is 23.7 Å². The molecule has 0 spiro atoms. The fourth-order valence-corrected chi connectivity index (χ4v) is 4.78. The molecule has 0 radical (unpaired) electrons. The molecule has 2 heterocycles. The molecule has 1 saturated heterocycles. The zero-order chi connectivity index (χ0) is 24.9. The highest BCUT2D eigenvalue weighted by molar-refractivity contribution is 6.51. The Balaban J connectivity index is 1.71. The van der Waals surface area contributed by atoms with Gasteiger partial charge in [-0.3, -0.25) is 14.5 Å². The maximum atomic E-state index is 13.3. The molecule has 8 heteroatoms. The number of aromatic hydroxyl groups is 1. The average molecular weight is 492 g/mol. The van der Waals surface area contributed by atoms with Crippen LogP contribution in [0.4, 0.5) is 5.69 Å². The number of phenolic OH excluding ortho intramolecular Hbond substituents is 1. The summed E-state index contributed by atoms with van der Waals surface area (Å²) in [5.41, 5.74) is 2.10. The van der Waals surface area contributed by atoms with Gasteiger partial charge in [-0.1, -0.05) is 23.7 Å². The molecule has 178 valence electrons. The lowest BCUT2D eigenvalue weighted by Crippen LogP contribution is -2.29. The molecule has 3 aromatic carbocycles. The highest BCUT2D eigenvalue weighted by Crippen LogP contribution is 2.44. The minimum Gasteiger partial charge on any atom is -0.507 e. The van der Waals surface area contributed by atoms with Gasteiger partial charge in [-0.15, -0.1) is 0 Å². The van der Waals surface area contributed by atoms with Crippen LogP contribution in [0.15, 0.2) is 66.2 Å². The van der Waals surface area contributed by atoms with Gasteiger partial charge in [-0.2, -0.15) is 0 Å². The van der Waals surface area contributed by atoms with Crippen molar-refractivity contribution < 1.29 is 29.3 Å². The number of halogens is 1. The van der Waals surface area contributed by atoms with Crippen molar-refractivity contribution in [3.63, 3.8) is 0 Å². The molecule has 7 nitrogen and oxygen atoms in total. The van der Waals surface area contributed by atoms with Crippen molar-refractivity contribution >= 4 is 34.7 Å². The van der Waals surface area contributed by atoms with Crippen molar-refractivity contribution in [2.75, 3.05) is 12.0 Å². The highest BCUT2D eigenvalue weighted by Gasteiger charge is 2.47. The van der Waals surface area contributed by atoms with Crippen molar-refractivity contribution in [3.8, 4) is 17.2 Å². The van der Waals surface area contributed by atoms with Crippen molar-refractivity contribution in [1.29, 1.82) is 0 Å². The summed E-state index contributed by atoms with van der Waals surface area (Å²) in [6.07, 6.45) is 0.686. The number of nitrogens with zero attached hydrogens (tertiary/aromatic N) is 1. The first-order valence-corrected chi connectivity index (χ1v) is 11.4. The molecule has 1 amide bonds. The summed E-state index contributed by atoms with van der Waals surface area (Å²) in [7, 11) is 1.50. The number of ether oxygens (including phenoxy) is 2. The van der Waals surface area contributed by atoms with Gasteiger partial charge in [0.25, 0.3) is 11.7 Å². The molecule has 2 N–H and O–H groups in total. The third kappa shape index (κ3) is 3.88. The number of methoxy groups -OCH3 is 1. The Morgan fingerprint density at radius 1 is 1.11 bits per heavy atom. The van der Waals surface area contributed by atoms with E-state index in [0.717, 1.165) is 11.3 Å². The Kier molecular flexibility index (Phi) is 5.65. The number of benzene rings is 3. The van der Waals surface area contributed by atoms with E-state index in [2.05, 4.69) is 0 Å². The molecule has 1 fully saturated rings. The Morgan fingerprint density at radius 3 is 2.66 bits per heavy atom. The van der Waals surface area contributed by atoms with Gasteiger partial charge >= 0.3 is 0 Å². The van der Waals surface area contributed by atoms with Crippen LogP contribution in [0.2, 0.25) is 5.02 Å². The van der Waals surface area contributed by atoms with Crippen LogP contribution in [-0.2, 0) is 16.0 Å². The number of ketones is 1. The molecule has 0 aromatic heterocycles. The van der Waals surface area contributed by atoms with Crippen LogP contribution in [0.25, 0.3) is 5.76 Å². The molecule has 2 atom stereocenters. The average Bonchev–Trinajstić information content (AvgIpc) is 3.35. The number of carbonyl (C=O) groups excluding carboxylic acids is 2. The zero-order valence-electron chi connectivity index (χ0n) is 19.0. The van der Waals surface area contributed by atoms with Gasteiger partial charge < -0.3 is 19.7 Å². The summed E-state index contributed by atoms with van der Waals surface area (Å²) < 4.78 is 11.0. The normalized spacial score (nSPS) is 20.6. The van der Waals surface area contributed by atoms with E-state index >= 15 is 0 Å². The summed E-state index contributed by atoms with van der Waals surface area (Å²) in [5.74, 6) is -0.837. The number of rotatable bonds is 4. The molecule has 35 heavy (non-hydrogen) atoms. The molecule has 3 aromatic rings. The first-order chi connectivity index (χ1) is 16.8. The topological polar surface area (TPSA) is 96.3 Å². The van der Waals surface area contributed by atoms with E-state index < -0.39 is 17.7 Å². The van der Waals surface area contributed by atoms with Gasteiger partial charge in [-0.25, -0.2) is 0 Å². The molecule has 2 aliphatic heterocycles. The fraction of sp³-hybridized carbons (Fsp3) is 0.185. The number of hydrogen-bond acceptors (Lipinski definition) is 6. The first kappa shape index (κ1) is 22.8. The number of anilines is 1. The SMILES string of the molecule is COc1cccc(N2C(=O)C(=O)/C(=C(\O)c3ccc4c(c3)CC(C)O4)C2c2ccc(O)c(Cl)c2)c1. The molecule has 2 aliphatic rings. The smallest absolute Gasteiger partial charge is 0.300 e. The predicted octanol–water partition coefficient (Wildman–Crippen LogP) is 5.00. The number of Topliss-reactive ketones (excluding diaryl/α,β-unsaturated/α-hetero) is 1. The van der Waals surface area contributed by atoms with Gasteiger partial charge in [0.1, 0.15) is 29.1 Å². The molecule has 0 saturated carbocycles. The van der Waals surface area contributed by atoms with E-state index in [1.54, 1.807) is 48.5 Å². The summed E-state index contributed by atoms with van der Waals surface area (Å²) >= 11 is 6.18. The molecule has 2 unspecified atom stereocenters. The molecule has 0 aliphatic carbocycles. The highest BCUT2D eigenvalue weighted by atomic mass is 35.5. The van der Waals surface area contributed by atoms with Crippen molar-refractivity contribution in [2.45, 2.75) is 25.5 Å². The van der Waals surface area contributed by atoms with Crippen LogP contribution >= 0.6 is 11.6 Å². The Hall–Kier alpha value is -3.97. The lowest BCUT2D eigenvalue weighted by Gasteiger charge is -2.26. The molecule has 0 bridgehead atoms. The number of carbonyl (C=O) groups is 2. The van der Waals surface area contributed by atoms with Crippen LogP contribution in [0, 0.1) is 0 Å². The number of amides is 1. The standard InChI is InChI=1S/C27H22ClNO6/c1-14-10-17-11-16(7-9-22(17)35-14)25(31)23-24(15-6-8-21(30)20(28)12-15)29(27(33)26(23)32)18-4-3-5-19(13-18)34-2/h3-9,11-14,24,30-31H,10H2,1-2H3/b25-23-. The van der Waals surface area contributed by atoms with E-state index in [1.165, 1.54) is 24.1 Å². The number of aliphatic hydroxyl groups is 1. The minimum absolute atomic E-state index is 0.0141. The monoisotopic (exact) mass is 491 g/mol. The quantitative estimate of drug-likeness (QED) is 0.303. The van der Waals surface area contributed by atoms with E-state index in [0.29, 0.717) is 29.0 Å². The molecular weight excluding hydrogens is 470 g/mol. The number of fused-ring (bicyclic) bond motifs is 1. The van der Waals surface area contributed by atoms with Crippen molar-refractivity contribution in [1.82, 2.24) is 0 Å². The summed E-state index contributed by atoms with van der Waals surface area (Å²) in [6, 6.07) is 15.4. The molecule has 5 rings (SSSR count). The van der Waals surface area contributed by atoms with Crippen LogP contribution in [0.1, 0.15) is 29.7 Å². The van der Waals surface area contributed by atoms with Gasteiger partial charge in [0, 0.05) is 23.7 Å². The second-order valence-electron chi connectivity index (χ2n) is 8.54. The van der Waals surface area contributed by atoms with Crippen LogP contribution in [-0.4, -0.2) is 35.1 Å². The lowest BCUT2D eigenvalue weighted by atomic mass is 9.94. The van der Waals surface area contributed by atoms with Crippen molar-refractivity contribution in [3.05, 3.63) is 87.9 Å². The second-order valence-corrected chi connectivity index (χ2v) is 8.94. The minimum atomic E-state index is -0.983. The number of phenols is 1. The van der Waals surface area contributed by atoms with E-state index in [1.807, 2.05) is 6.92 Å². The van der Waals surface area contributed by atoms with Gasteiger partial charge in [0.15, 0.2) is 0 Å². The molecular formula is C27H22ClNO6. The lowest BCUT2D eigenvalue weighted by molar-refractivity contribution is -0.132. The van der Waals surface area contributed by atoms with E-state index in [9.17, 15) is 19.8 Å². The van der Waals surface area contributed by atoms with Crippen LogP contribution in [0.3, 0.4) is 0 Å². The van der Waals surface area contributed by atoms with E-state index in [4.69, 9.17) is 21.1 Å². The summed E-state index contributed by atoms with van der Waals surface area (Å²) in [5, 5.41) is 21.4. The second kappa shape index (κ2) is 8.67. The third-order valence-electron chi connectivity index (χ3n) is 6.23. The summed E-state index contributed by atoms with van der Waals surface area (Å²) in [4.78, 5) is 27.9. The Morgan fingerprint density at radius 2 is 1.91 bits per heavy atom. The number of aliphatic hydroxyl groups excluding tert-OH is 1. The Bertz CT molecular complexity index is 1400. The Labute approximate surface area is 206 Å².